The van der Waals surface area contributed by atoms with E-state index in [1.807, 2.05) is 0 Å². The lowest BCUT2D eigenvalue weighted by Crippen LogP contribution is -2.62. The number of aliphatic hydroxyl groups excluding tert-OH is 1. The first-order valence-electron chi connectivity index (χ1n) is 36.3. The van der Waals surface area contributed by atoms with Crippen molar-refractivity contribution >= 4 is 106 Å². The number of hydrogen-bond donors (Lipinski definition) is 23. The lowest BCUT2D eigenvalue weighted by atomic mass is 9.96. The monoisotopic (exact) mass is 1560 g/mol. The minimum atomic E-state index is -1.85. The number of aliphatic imine (C=N–C) groups is 3. The van der Waals surface area contributed by atoms with Crippen LogP contribution in [0.4, 0.5) is 0 Å². The third-order valence-corrected chi connectivity index (χ3v) is 17.9. The number of nitrogens with two attached hydrogens (primary N) is 8. The molecule has 2 rings (SSSR count). The van der Waals surface area contributed by atoms with Crippen LogP contribution in [-0.2, 0) is 75.2 Å². The van der Waals surface area contributed by atoms with E-state index in [9.17, 15) is 72.5 Å². The molecule has 0 saturated heterocycles. The third-order valence-electron chi connectivity index (χ3n) is 17.3. The van der Waals surface area contributed by atoms with Crippen LogP contribution in [0.3, 0.4) is 0 Å². The van der Waals surface area contributed by atoms with Gasteiger partial charge in [0.05, 0.1) is 25.3 Å². The lowest BCUT2D eigenvalue weighted by Gasteiger charge is -2.30. The number of nitrogens with zero attached hydrogens (tertiary/aromatic N) is 5. The molecule has 0 unspecified atom stereocenters. The third kappa shape index (κ3) is 36.8. The zero-order valence-electron chi connectivity index (χ0n) is 63.7. The van der Waals surface area contributed by atoms with Gasteiger partial charge in [0.1, 0.15) is 66.5 Å². The van der Waals surface area contributed by atoms with E-state index in [4.69, 9.17) is 45.9 Å². The van der Waals surface area contributed by atoms with Crippen molar-refractivity contribution in [2.45, 2.75) is 224 Å². The zero-order valence-corrected chi connectivity index (χ0v) is 64.5. The Morgan fingerprint density at radius 2 is 0.771 bits per heavy atom. The fraction of sp³-hybridized carbons (Fsp3) is 0.672. The summed E-state index contributed by atoms with van der Waals surface area (Å²) < 4.78 is 0. The average Bonchev–Trinajstić information content (AvgIpc) is 1.55. The van der Waals surface area contributed by atoms with Crippen LogP contribution < -0.4 is 104 Å². The zero-order chi connectivity index (χ0) is 82.0. The molecule has 0 bridgehead atoms. The Kier molecular flexibility index (Phi) is 43.7. The number of rotatable bonds is 54. The Labute approximate surface area is 638 Å². The van der Waals surface area contributed by atoms with Crippen LogP contribution in [0.1, 0.15) is 150 Å². The number of aromatic amines is 2. The lowest BCUT2D eigenvalue weighted by molar-refractivity contribution is -0.143. The van der Waals surface area contributed by atoms with Gasteiger partial charge in [0.15, 0.2) is 17.9 Å². The quantitative estimate of drug-likeness (QED) is 0.0167. The molecule has 0 spiro atoms. The number of aliphatic hydroxyl groups is 1. The van der Waals surface area contributed by atoms with E-state index in [-0.39, 0.29) is 126 Å². The number of primary amides is 1. The maximum atomic E-state index is 14.8. The van der Waals surface area contributed by atoms with Gasteiger partial charge in [-0.3, -0.25) is 72.5 Å². The first kappa shape index (κ1) is 94.7. The largest absolute Gasteiger partial charge is 0.480 e. The van der Waals surface area contributed by atoms with Crippen LogP contribution in [0.2, 0.25) is 0 Å². The smallest absolute Gasteiger partial charge is 0.326 e. The molecular formula is C67H118N26O15S. The van der Waals surface area contributed by atoms with Gasteiger partial charge in [0.25, 0.3) is 0 Å². The number of hydrogen-bond acceptors (Lipinski definition) is 21. The number of nitrogens with one attached hydrogen (secondary N) is 13. The van der Waals surface area contributed by atoms with E-state index in [1.165, 1.54) is 36.8 Å². The van der Waals surface area contributed by atoms with Crippen LogP contribution in [0.5, 0.6) is 0 Å². The van der Waals surface area contributed by atoms with Gasteiger partial charge in [-0.2, -0.15) is 11.8 Å². The molecular weight excluding hydrogens is 1440 g/mol. The fourth-order valence-corrected chi connectivity index (χ4v) is 11.3. The van der Waals surface area contributed by atoms with Gasteiger partial charge in [0, 0.05) is 62.7 Å². The number of aliphatic carboxylic acids is 1. The molecule has 0 saturated carbocycles. The summed E-state index contributed by atoms with van der Waals surface area (Å²) in [6.07, 6.45) is 6.59. The maximum Gasteiger partial charge on any atom is 0.326 e. The Hall–Kier alpha value is -10.4. The number of aromatic nitrogens is 4. The molecule has 109 heavy (non-hydrogen) atoms. The summed E-state index contributed by atoms with van der Waals surface area (Å²) >= 11 is 1.38. The van der Waals surface area contributed by atoms with E-state index in [1.54, 1.807) is 61.6 Å². The SMILES string of the molecule is CC[C@H](C)[C@H](NC(=O)[C@H](CC(C)C)NC(=O)[C@H](CO)NC(=O)[C@H](CCC(N)=O)NC(=O)[C@H](CCCN=C(N)N)NC(=O)[C@H](CCCN=C(N)N)NC(=O)[C@@H](NC(=O)[C@H](Cc1cnc[nH]1)NC(=O)[C@H](CCCN=C(N)N)NC(=O)[C@@H](N)Cc1cnc[nH]1)[C@@H](C)CC)C(=O)N[C@@H](CCSC)C(=O)N[C@@H](CC(C)C)C(=O)O. The van der Waals surface area contributed by atoms with Crippen molar-refractivity contribution in [1.29, 1.82) is 0 Å². The molecule has 0 fully saturated rings. The fourth-order valence-electron chi connectivity index (χ4n) is 10.9. The van der Waals surface area contributed by atoms with Crippen LogP contribution >= 0.6 is 11.8 Å². The second-order valence-electron chi connectivity index (χ2n) is 27.4. The number of carbonyl (C=O) groups is 13. The summed E-state index contributed by atoms with van der Waals surface area (Å²) in [5, 5.41) is 49.1. The number of H-pyrrole nitrogens is 2. The number of carboxylic acid groups (broad SMARTS) is 1. The van der Waals surface area contributed by atoms with Gasteiger partial charge in [0.2, 0.25) is 70.9 Å². The summed E-state index contributed by atoms with van der Waals surface area (Å²) in [5.41, 5.74) is 46.1. The first-order valence-corrected chi connectivity index (χ1v) is 37.7. The molecule has 2 heterocycles. The van der Waals surface area contributed by atoms with Crippen molar-refractivity contribution in [1.82, 2.24) is 78.4 Å². The number of carbonyl (C=O) groups excluding carboxylic acids is 12. The number of thioether (sulfide) groups is 1. The molecule has 2 aromatic heterocycles. The van der Waals surface area contributed by atoms with E-state index in [0.717, 1.165) is 0 Å². The van der Waals surface area contributed by atoms with Gasteiger partial charge in [-0.05, 0) is 99.9 Å². The Morgan fingerprint density at radius 1 is 0.440 bits per heavy atom. The minimum absolute atomic E-state index is 0.0109. The predicted octanol–water partition coefficient (Wildman–Crippen LogP) is -5.98. The van der Waals surface area contributed by atoms with Crippen LogP contribution in [0.15, 0.2) is 40.0 Å². The van der Waals surface area contributed by atoms with E-state index < -0.39 is 181 Å². The van der Waals surface area contributed by atoms with Crippen LogP contribution in [0.25, 0.3) is 0 Å². The Balaban J connectivity index is 2.59. The Morgan fingerprint density at radius 3 is 1.14 bits per heavy atom. The molecule has 0 aliphatic rings. The second-order valence-corrected chi connectivity index (χ2v) is 28.4. The van der Waals surface area contributed by atoms with E-state index in [2.05, 4.69) is 93.4 Å². The molecule has 2 aromatic rings. The molecule has 0 aliphatic heterocycles. The van der Waals surface area contributed by atoms with Crippen LogP contribution in [-0.4, -0.2) is 236 Å². The van der Waals surface area contributed by atoms with Crippen molar-refractivity contribution < 1.29 is 72.5 Å². The molecule has 14 atom stereocenters. The standard InChI is InChI=1S/C67H118N26O15S/c1-10-36(7)51(93-60(103)47(28-39-30-77-33-82-39)89-56(99)41(15-12-21-78-65(70)71)83-53(96)40(68)27-38-29-76-32-81-38)62(105)86-43(17-14-23-80-67(74)75)55(98)84-42(16-13-22-79-66(72)73)54(97)85-44(18-19-50(69)95)57(100)91-49(31-94)61(104)88-46(25-34(3)4)59(102)92-52(37(8)11-2)63(106)87-45(20-24-109-9)58(101)90-48(64(107)108)26-35(5)6/h29-30,32-37,40-49,51-52,94H,10-28,31,68H2,1-9H3,(H2,69,95)(H,76,81)(H,77,82)(H,83,96)(H,84,98)(H,85,97)(H,86,105)(H,87,106)(H,88,104)(H,89,99)(H,90,101)(H,91,100)(H,92,102)(H,93,103)(H,107,108)(H4,70,71,78)(H4,72,73,79)(H4,74,75,80)/t36-,37-,40-,41-,42-,43-,44-,45-,46-,47-,48-,49-,51-,52-/m0/s1. The summed E-state index contributed by atoms with van der Waals surface area (Å²) in [6.45, 7) is 12.6. The highest BCUT2D eigenvalue weighted by Crippen LogP contribution is 2.17. The number of carboxylic acids is 1. The van der Waals surface area contributed by atoms with Gasteiger partial charge >= 0.3 is 5.97 Å². The average molecular weight is 1560 g/mol. The molecule has 0 radical (unpaired) electrons. The summed E-state index contributed by atoms with van der Waals surface area (Å²) in [6, 6.07) is -17.3. The van der Waals surface area contributed by atoms with Gasteiger partial charge in [-0.15, -0.1) is 0 Å². The van der Waals surface area contributed by atoms with Gasteiger partial charge in [-0.1, -0.05) is 68.2 Å². The highest BCUT2D eigenvalue weighted by Gasteiger charge is 2.39. The molecule has 12 amide bonds. The minimum Gasteiger partial charge on any atom is -0.480 e. The molecule has 612 valence electrons. The van der Waals surface area contributed by atoms with Crippen molar-refractivity contribution in [2.75, 3.05) is 38.2 Å². The van der Waals surface area contributed by atoms with Crippen molar-refractivity contribution in [3.8, 4) is 0 Å². The number of guanidine groups is 3. The van der Waals surface area contributed by atoms with E-state index >= 15 is 0 Å². The molecule has 0 aliphatic carbocycles. The summed E-state index contributed by atoms with van der Waals surface area (Å²) in [5.74, 6) is -14.3. The Bertz CT molecular complexity index is 3330. The highest BCUT2D eigenvalue weighted by molar-refractivity contribution is 7.98. The molecule has 42 heteroatoms. The second kappa shape index (κ2) is 50.3. The molecule has 0 aromatic carbocycles. The van der Waals surface area contributed by atoms with Gasteiger partial charge < -0.3 is 125 Å². The molecule has 31 N–H and O–H groups in total. The number of amides is 12. The summed E-state index contributed by atoms with van der Waals surface area (Å²) in [4.78, 5) is 207. The summed E-state index contributed by atoms with van der Waals surface area (Å²) in [7, 11) is 0. The number of imidazole rings is 2. The highest BCUT2D eigenvalue weighted by atomic mass is 32.2. The first-order chi connectivity index (χ1) is 51.4. The van der Waals surface area contributed by atoms with E-state index in [0.29, 0.717) is 23.6 Å². The van der Waals surface area contributed by atoms with Crippen molar-refractivity contribution in [3.05, 3.63) is 36.4 Å². The van der Waals surface area contributed by atoms with Crippen molar-refractivity contribution in [3.63, 3.8) is 0 Å². The topological polar surface area (TPSA) is 697 Å². The normalized spacial score (nSPS) is 15.0. The molecule has 41 nitrogen and oxygen atoms in total. The predicted molar refractivity (Wildman–Crippen MR) is 407 cm³/mol. The van der Waals surface area contributed by atoms with Crippen LogP contribution in [0, 0.1) is 23.7 Å². The van der Waals surface area contributed by atoms with Crippen molar-refractivity contribution in [2.24, 2.45) is 84.5 Å². The van der Waals surface area contributed by atoms with Gasteiger partial charge in [-0.25, -0.2) is 14.8 Å². The maximum absolute atomic E-state index is 14.8.